The Bertz CT molecular complexity index is 709. The van der Waals surface area contributed by atoms with Crippen LogP contribution in [0.5, 0.6) is 0 Å². The Morgan fingerprint density at radius 2 is 2.32 bits per heavy atom. The van der Waals surface area contributed by atoms with Crippen LogP contribution < -0.4 is 11.1 Å². The van der Waals surface area contributed by atoms with E-state index in [2.05, 4.69) is 15.5 Å². The van der Waals surface area contributed by atoms with Crippen molar-refractivity contribution in [3.05, 3.63) is 24.4 Å². The topological polar surface area (TPSA) is 93.0 Å². The van der Waals surface area contributed by atoms with Crippen molar-refractivity contribution in [2.75, 3.05) is 11.9 Å². The fraction of sp³-hybridized carbons (Fsp3) is 0.500. The summed E-state index contributed by atoms with van der Waals surface area (Å²) < 4.78 is 5.66. The largest absolute Gasteiger partial charge is 0.378 e. The Morgan fingerprint density at radius 1 is 1.55 bits per heavy atom. The molecule has 1 aromatic carbocycles. The Balaban J connectivity index is 1.76. The number of hydrogen-bond acceptors (Lipinski definition) is 4. The molecule has 1 fully saturated rings. The summed E-state index contributed by atoms with van der Waals surface area (Å²) in [4.78, 5) is 12.6. The monoisotopic (exact) mass is 302 g/mol. The van der Waals surface area contributed by atoms with E-state index in [1.165, 1.54) is 0 Å². The standard InChI is InChI=1S/C16H22N4O2/c1-4-22-13-8-16(17,15(13,2)3)14(21)19-11-6-5-10-9-18-20-12(10)7-11/h5-7,9,13H,4,8,17H2,1-3H3,(H,18,20)(H,19,21). The summed E-state index contributed by atoms with van der Waals surface area (Å²) in [7, 11) is 0. The number of anilines is 1. The number of nitrogens with zero attached hydrogens (tertiary/aromatic N) is 1. The highest BCUT2D eigenvalue weighted by molar-refractivity contribution is 6.00. The zero-order valence-electron chi connectivity index (χ0n) is 13.1. The van der Waals surface area contributed by atoms with Crippen LogP contribution in [0.2, 0.25) is 0 Å². The number of carbonyl (C=O) groups excluding carboxylic acids is 1. The van der Waals surface area contributed by atoms with Gasteiger partial charge < -0.3 is 15.8 Å². The van der Waals surface area contributed by atoms with Gasteiger partial charge in [-0.3, -0.25) is 9.89 Å². The van der Waals surface area contributed by atoms with Crippen molar-refractivity contribution in [3.63, 3.8) is 0 Å². The summed E-state index contributed by atoms with van der Waals surface area (Å²) >= 11 is 0. The predicted octanol–water partition coefficient (Wildman–Crippen LogP) is 2.03. The minimum absolute atomic E-state index is 0.0170. The van der Waals surface area contributed by atoms with Crippen molar-refractivity contribution in [2.45, 2.75) is 38.8 Å². The molecule has 1 saturated carbocycles. The molecule has 22 heavy (non-hydrogen) atoms. The third-order valence-electron chi connectivity index (χ3n) is 4.93. The predicted molar refractivity (Wildman–Crippen MR) is 85.5 cm³/mol. The van der Waals surface area contributed by atoms with Gasteiger partial charge in [-0.1, -0.05) is 13.8 Å². The number of ether oxygens (including phenoxy) is 1. The van der Waals surface area contributed by atoms with Crippen LogP contribution in [-0.4, -0.2) is 34.4 Å². The Labute approximate surface area is 129 Å². The molecule has 2 unspecified atom stereocenters. The lowest BCUT2D eigenvalue weighted by molar-refractivity contribution is -0.166. The summed E-state index contributed by atoms with van der Waals surface area (Å²) in [5, 5.41) is 10.8. The van der Waals surface area contributed by atoms with Gasteiger partial charge in [0.25, 0.3) is 0 Å². The summed E-state index contributed by atoms with van der Waals surface area (Å²) in [5.74, 6) is -0.174. The van der Waals surface area contributed by atoms with Crippen LogP contribution >= 0.6 is 0 Å². The maximum atomic E-state index is 12.6. The van der Waals surface area contributed by atoms with E-state index in [1.54, 1.807) is 6.20 Å². The average molecular weight is 302 g/mol. The van der Waals surface area contributed by atoms with Gasteiger partial charge in [-0.2, -0.15) is 5.10 Å². The molecule has 4 N–H and O–H groups in total. The van der Waals surface area contributed by atoms with Gasteiger partial charge in [-0.05, 0) is 25.1 Å². The van der Waals surface area contributed by atoms with Gasteiger partial charge in [0.2, 0.25) is 5.91 Å². The normalized spacial score (nSPS) is 26.6. The number of fused-ring (bicyclic) bond motifs is 1. The third kappa shape index (κ3) is 2.10. The number of nitrogens with two attached hydrogens (primary N) is 1. The second-order valence-electron chi connectivity index (χ2n) is 6.47. The molecule has 118 valence electrons. The first kappa shape index (κ1) is 15.0. The van der Waals surface area contributed by atoms with Crippen molar-refractivity contribution in [2.24, 2.45) is 11.1 Å². The Hall–Kier alpha value is -1.92. The molecule has 2 aromatic rings. The second-order valence-corrected chi connectivity index (χ2v) is 6.47. The van der Waals surface area contributed by atoms with Crippen molar-refractivity contribution in [1.82, 2.24) is 10.2 Å². The first-order chi connectivity index (χ1) is 10.4. The molecule has 1 amide bonds. The molecule has 1 aromatic heterocycles. The van der Waals surface area contributed by atoms with Gasteiger partial charge in [-0.15, -0.1) is 0 Å². The molecule has 0 aliphatic heterocycles. The van der Waals surface area contributed by atoms with Crippen LogP contribution in [0.4, 0.5) is 5.69 Å². The van der Waals surface area contributed by atoms with Gasteiger partial charge in [0, 0.05) is 29.5 Å². The molecule has 0 bridgehead atoms. The maximum Gasteiger partial charge on any atom is 0.245 e. The number of H-pyrrole nitrogens is 1. The molecule has 6 nitrogen and oxygen atoms in total. The fourth-order valence-corrected chi connectivity index (χ4v) is 3.08. The number of benzene rings is 1. The highest BCUT2D eigenvalue weighted by Gasteiger charge is 2.62. The maximum absolute atomic E-state index is 12.6. The van der Waals surface area contributed by atoms with Crippen LogP contribution in [0.25, 0.3) is 10.9 Å². The lowest BCUT2D eigenvalue weighted by atomic mass is 9.54. The third-order valence-corrected chi connectivity index (χ3v) is 4.93. The van der Waals surface area contributed by atoms with E-state index in [-0.39, 0.29) is 12.0 Å². The zero-order chi connectivity index (χ0) is 16.0. The van der Waals surface area contributed by atoms with E-state index in [9.17, 15) is 4.79 Å². The molecule has 2 atom stereocenters. The number of hydrogen-bond donors (Lipinski definition) is 3. The molecule has 1 heterocycles. The minimum Gasteiger partial charge on any atom is -0.378 e. The van der Waals surface area contributed by atoms with Crippen LogP contribution in [0.1, 0.15) is 27.2 Å². The lowest BCUT2D eigenvalue weighted by Gasteiger charge is -2.57. The number of carbonyl (C=O) groups is 1. The van der Waals surface area contributed by atoms with Crippen LogP contribution in [0.15, 0.2) is 24.4 Å². The SMILES string of the molecule is CCOC1CC(N)(C(=O)Nc2ccc3cn[nH]c3c2)C1(C)C. The van der Waals surface area contributed by atoms with E-state index in [0.29, 0.717) is 18.7 Å². The van der Waals surface area contributed by atoms with Gasteiger partial charge in [0.15, 0.2) is 0 Å². The van der Waals surface area contributed by atoms with Gasteiger partial charge in [0.1, 0.15) is 5.54 Å². The highest BCUT2D eigenvalue weighted by Crippen LogP contribution is 2.50. The lowest BCUT2D eigenvalue weighted by Crippen LogP contribution is -2.74. The van der Waals surface area contributed by atoms with Crippen molar-refractivity contribution < 1.29 is 9.53 Å². The summed E-state index contributed by atoms with van der Waals surface area (Å²) in [6.07, 6.45) is 2.29. The van der Waals surface area contributed by atoms with Gasteiger partial charge >= 0.3 is 0 Å². The first-order valence-corrected chi connectivity index (χ1v) is 7.53. The van der Waals surface area contributed by atoms with E-state index in [1.807, 2.05) is 39.0 Å². The summed E-state index contributed by atoms with van der Waals surface area (Å²) in [6.45, 7) is 6.54. The molecular weight excluding hydrogens is 280 g/mol. The summed E-state index contributed by atoms with van der Waals surface area (Å²) in [6, 6.07) is 5.62. The molecule has 3 rings (SSSR count). The van der Waals surface area contributed by atoms with Crippen molar-refractivity contribution >= 4 is 22.5 Å². The Kier molecular flexibility index (Phi) is 3.45. The van der Waals surface area contributed by atoms with Crippen molar-refractivity contribution in [1.29, 1.82) is 0 Å². The molecule has 6 heteroatoms. The van der Waals surface area contributed by atoms with Gasteiger partial charge in [0.05, 0.1) is 17.8 Å². The second kappa shape index (κ2) is 5.07. The van der Waals surface area contributed by atoms with E-state index in [0.717, 1.165) is 10.9 Å². The number of nitrogens with one attached hydrogen (secondary N) is 2. The van der Waals surface area contributed by atoms with Gasteiger partial charge in [-0.25, -0.2) is 0 Å². The highest BCUT2D eigenvalue weighted by atomic mass is 16.5. The first-order valence-electron chi connectivity index (χ1n) is 7.53. The molecule has 0 spiro atoms. The van der Waals surface area contributed by atoms with Crippen molar-refractivity contribution in [3.8, 4) is 0 Å². The fourth-order valence-electron chi connectivity index (χ4n) is 3.08. The molecule has 0 saturated heterocycles. The molecule has 1 aliphatic rings. The van der Waals surface area contributed by atoms with E-state index < -0.39 is 11.0 Å². The average Bonchev–Trinajstić information content (AvgIpc) is 2.94. The summed E-state index contributed by atoms with van der Waals surface area (Å²) in [5.41, 5.74) is 6.64. The van der Waals surface area contributed by atoms with E-state index >= 15 is 0 Å². The smallest absolute Gasteiger partial charge is 0.245 e. The quantitative estimate of drug-likeness (QED) is 0.805. The molecule has 1 aliphatic carbocycles. The number of amides is 1. The molecule has 0 radical (unpaired) electrons. The number of aromatic nitrogens is 2. The van der Waals surface area contributed by atoms with Crippen LogP contribution in [0.3, 0.4) is 0 Å². The van der Waals surface area contributed by atoms with Crippen LogP contribution in [0, 0.1) is 5.41 Å². The van der Waals surface area contributed by atoms with Crippen LogP contribution in [-0.2, 0) is 9.53 Å². The number of rotatable bonds is 4. The molecular formula is C16H22N4O2. The number of aromatic amines is 1. The zero-order valence-corrected chi connectivity index (χ0v) is 13.1. The Morgan fingerprint density at radius 3 is 3.00 bits per heavy atom. The minimum atomic E-state index is -0.921. The van der Waals surface area contributed by atoms with E-state index in [4.69, 9.17) is 10.5 Å².